The molecule has 1 heterocycles. The zero-order valence-corrected chi connectivity index (χ0v) is 20.0. The molecule has 0 amide bonds. The lowest BCUT2D eigenvalue weighted by Gasteiger charge is -2.46. The second kappa shape index (κ2) is 12.1. The van der Waals surface area contributed by atoms with Crippen molar-refractivity contribution < 1.29 is 52.3 Å². The highest BCUT2D eigenvalue weighted by molar-refractivity contribution is 7.53. The normalized spacial score (nSPS) is 26.0. The average molecular weight is 500 g/mol. The molecule has 0 radical (unpaired) electrons. The van der Waals surface area contributed by atoms with E-state index in [1.54, 1.807) is 30.3 Å². The van der Waals surface area contributed by atoms with E-state index in [0.717, 1.165) is 27.7 Å². The van der Waals surface area contributed by atoms with Gasteiger partial charge in [-0.25, -0.2) is 5.09 Å². The Morgan fingerprint density at radius 1 is 0.882 bits per heavy atom. The van der Waals surface area contributed by atoms with Crippen LogP contribution in [0.25, 0.3) is 0 Å². The molecule has 0 spiro atoms. The van der Waals surface area contributed by atoms with Crippen LogP contribution in [-0.2, 0) is 53.6 Å². The molecule has 1 unspecified atom stereocenters. The molecule has 13 heteroatoms. The molecule has 0 aromatic heterocycles. The molecule has 0 aliphatic carbocycles. The lowest BCUT2D eigenvalue weighted by Crippen LogP contribution is -2.65. The number of benzene rings is 1. The average Bonchev–Trinajstić information content (AvgIpc) is 2.70. The minimum absolute atomic E-state index is 0.402. The molecule has 0 saturated carbocycles. The highest BCUT2D eigenvalue weighted by Gasteiger charge is 2.52. The van der Waals surface area contributed by atoms with E-state index < -0.39 is 74.8 Å². The van der Waals surface area contributed by atoms with Crippen molar-refractivity contribution in [3.05, 3.63) is 35.9 Å². The van der Waals surface area contributed by atoms with Gasteiger partial charge >= 0.3 is 23.9 Å². The zero-order valence-electron chi connectivity index (χ0n) is 19.1. The fourth-order valence-electron chi connectivity index (χ4n) is 3.40. The Morgan fingerprint density at radius 3 is 1.94 bits per heavy atom. The van der Waals surface area contributed by atoms with Crippen LogP contribution in [0, 0.1) is 0 Å². The Balaban J connectivity index is 2.42. The zero-order chi connectivity index (χ0) is 25.5. The third-order valence-corrected chi connectivity index (χ3v) is 5.98. The van der Waals surface area contributed by atoms with E-state index >= 15 is 0 Å². The van der Waals surface area contributed by atoms with Gasteiger partial charge in [-0.15, -0.1) is 0 Å². The number of nitrogens with one attached hydrogen (secondary N) is 1. The highest BCUT2D eigenvalue weighted by atomic mass is 31.2. The van der Waals surface area contributed by atoms with Crippen LogP contribution in [0.1, 0.15) is 33.3 Å². The monoisotopic (exact) mass is 500 g/mol. The van der Waals surface area contributed by atoms with Crippen molar-refractivity contribution in [2.24, 2.45) is 0 Å². The minimum atomic E-state index is -4.41. The largest absolute Gasteiger partial charge is 0.788 e. The molecular formula is C21H27NO11P-. The molecule has 1 saturated heterocycles. The number of esters is 4. The topological polar surface area (TPSA) is 167 Å². The maximum atomic E-state index is 12.9. The highest BCUT2D eigenvalue weighted by Crippen LogP contribution is 2.39. The predicted octanol–water partition coefficient (Wildman–Crippen LogP) is 0.413. The number of rotatable bonds is 9. The fourth-order valence-corrected chi connectivity index (χ4v) is 4.77. The van der Waals surface area contributed by atoms with E-state index in [4.69, 9.17) is 23.7 Å². The number of carbonyl (C=O) groups excluding carboxylic acids is 4. The SMILES string of the molecule is CC(=O)OC[C@H]1O[C@@H](NP(=O)([O-])Cc2ccccc2)[C@H](OC(C)=O)[C@@H](OC(C)=O)[C@@H]1OC(C)=O. The number of carbonyl (C=O) groups is 4. The first-order valence-electron chi connectivity index (χ1n) is 10.3. The van der Waals surface area contributed by atoms with E-state index in [-0.39, 0.29) is 0 Å². The molecule has 0 bridgehead atoms. The molecule has 1 aromatic carbocycles. The van der Waals surface area contributed by atoms with Crippen LogP contribution in [0.4, 0.5) is 0 Å². The number of ether oxygens (including phenoxy) is 5. The second-order valence-electron chi connectivity index (χ2n) is 7.57. The van der Waals surface area contributed by atoms with Gasteiger partial charge in [0, 0.05) is 33.9 Å². The van der Waals surface area contributed by atoms with Crippen molar-refractivity contribution in [1.82, 2.24) is 5.09 Å². The van der Waals surface area contributed by atoms with E-state index in [0.29, 0.717) is 5.56 Å². The van der Waals surface area contributed by atoms with Gasteiger partial charge in [0.1, 0.15) is 12.7 Å². The van der Waals surface area contributed by atoms with Gasteiger partial charge in [0.25, 0.3) is 0 Å². The smallest absolute Gasteiger partial charge is 0.303 e. The van der Waals surface area contributed by atoms with Crippen LogP contribution in [-0.4, -0.2) is 61.1 Å². The molecule has 1 N–H and O–H groups in total. The summed E-state index contributed by atoms with van der Waals surface area (Å²) in [4.78, 5) is 59.6. The van der Waals surface area contributed by atoms with Gasteiger partial charge in [0.2, 0.25) is 0 Å². The Hall–Kier alpha value is -2.79. The fraction of sp³-hybridized carbons (Fsp3) is 0.524. The third-order valence-electron chi connectivity index (χ3n) is 4.55. The summed E-state index contributed by atoms with van der Waals surface area (Å²) in [5, 5.41) is 2.32. The first-order valence-corrected chi connectivity index (χ1v) is 12.1. The first-order chi connectivity index (χ1) is 15.9. The predicted molar refractivity (Wildman–Crippen MR) is 113 cm³/mol. The Kier molecular flexibility index (Phi) is 9.75. The molecule has 1 aliphatic heterocycles. The molecule has 188 valence electrons. The van der Waals surface area contributed by atoms with Gasteiger partial charge in [-0.05, 0) is 5.56 Å². The lowest BCUT2D eigenvalue weighted by atomic mass is 9.97. The van der Waals surface area contributed by atoms with E-state index in [2.05, 4.69) is 5.09 Å². The van der Waals surface area contributed by atoms with Crippen LogP contribution < -0.4 is 9.98 Å². The molecule has 1 fully saturated rings. The summed E-state index contributed by atoms with van der Waals surface area (Å²) >= 11 is 0. The van der Waals surface area contributed by atoms with E-state index in [1.165, 1.54) is 0 Å². The van der Waals surface area contributed by atoms with Gasteiger partial charge in [-0.1, -0.05) is 30.3 Å². The van der Waals surface area contributed by atoms with Crippen molar-refractivity contribution in [3.63, 3.8) is 0 Å². The van der Waals surface area contributed by atoms with Crippen LogP contribution in [0.2, 0.25) is 0 Å². The van der Waals surface area contributed by atoms with E-state index in [1.807, 2.05) is 0 Å². The molecule has 1 aliphatic rings. The summed E-state index contributed by atoms with van der Waals surface area (Å²) in [7, 11) is -4.41. The molecule has 12 nitrogen and oxygen atoms in total. The molecule has 2 rings (SSSR count). The summed E-state index contributed by atoms with van der Waals surface area (Å²) in [6.45, 7) is 3.90. The maximum absolute atomic E-state index is 12.9. The molecule has 6 atom stereocenters. The van der Waals surface area contributed by atoms with Gasteiger partial charge in [0.05, 0.1) is 7.52 Å². The number of hydrogen-bond acceptors (Lipinski definition) is 11. The van der Waals surface area contributed by atoms with E-state index in [9.17, 15) is 28.6 Å². The summed E-state index contributed by atoms with van der Waals surface area (Å²) in [5.41, 5.74) is 0.485. The van der Waals surface area contributed by atoms with Crippen LogP contribution >= 0.6 is 7.52 Å². The van der Waals surface area contributed by atoms with Gasteiger partial charge in [-0.2, -0.15) is 0 Å². The quantitative estimate of drug-likeness (QED) is 0.282. The molecule has 1 aromatic rings. The van der Waals surface area contributed by atoms with Crippen LogP contribution in [0.5, 0.6) is 0 Å². The Bertz CT molecular complexity index is 938. The second-order valence-corrected chi connectivity index (χ2v) is 9.49. The van der Waals surface area contributed by atoms with Gasteiger partial charge in [0.15, 0.2) is 24.5 Å². The summed E-state index contributed by atoms with van der Waals surface area (Å²) in [5.74, 6) is -3.12. The van der Waals surface area contributed by atoms with Crippen LogP contribution in [0.3, 0.4) is 0 Å². The maximum Gasteiger partial charge on any atom is 0.303 e. The van der Waals surface area contributed by atoms with Gasteiger partial charge in [-0.3, -0.25) is 19.2 Å². The third kappa shape index (κ3) is 8.53. The summed E-state index contributed by atoms with van der Waals surface area (Å²) in [6, 6.07) is 8.29. The van der Waals surface area contributed by atoms with Crippen molar-refractivity contribution in [2.45, 2.75) is 64.5 Å². The lowest BCUT2D eigenvalue weighted by molar-refractivity contribution is -0.258. The summed E-state index contributed by atoms with van der Waals surface area (Å²) < 4.78 is 39.3. The Labute approximate surface area is 196 Å². The van der Waals surface area contributed by atoms with Crippen molar-refractivity contribution in [1.29, 1.82) is 0 Å². The van der Waals surface area contributed by atoms with Crippen molar-refractivity contribution in [2.75, 3.05) is 6.61 Å². The van der Waals surface area contributed by atoms with Crippen molar-refractivity contribution in [3.8, 4) is 0 Å². The molecule has 34 heavy (non-hydrogen) atoms. The summed E-state index contributed by atoms with van der Waals surface area (Å²) in [6.07, 6.45) is -7.55. The molecular weight excluding hydrogens is 473 g/mol. The Morgan fingerprint density at radius 2 is 1.41 bits per heavy atom. The minimum Gasteiger partial charge on any atom is -0.788 e. The van der Waals surface area contributed by atoms with Gasteiger partial charge < -0.3 is 33.1 Å². The first kappa shape index (κ1) is 27.5. The standard InChI is InChI=1S/C21H28NO11P/c1-12(23)29-10-17-18(30-13(2)24)19(31-14(3)25)20(32-15(4)26)21(33-17)22-34(27,28)11-16-8-6-5-7-9-16/h5-9,17-21H,10-11H2,1-4H3,(H2,22,27,28)/p-1/t17-,18-,19+,20-,21-/m1/s1. The van der Waals surface area contributed by atoms with Crippen LogP contribution in [0.15, 0.2) is 30.3 Å². The number of hydrogen-bond donors (Lipinski definition) is 1. The van der Waals surface area contributed by atoms with Crippen molar-refractivity contribution >= 4 is 31.4 Å².